The second kappa shape index (κ2) is 13.0. The predicted octanol–water partition coefficient (Wildman–Crippen LogP) is 2.39. The van der Waals surface area contributed by atoms with E-state index in [9.17, 15) is 4.79 Å². The summed E-state index contributed by atoms with van der Waals surface area (Å²) >= 11 is 0. The number of rotatable bonds is 11. The van der Waals surface area contributed by atoms with Crippen LogP contribution in [-0.2, 0) is 4.79 Å². The van der Waals surface area contributed by atoms with Gasteiger partial charge in [-0.15, -0.1) is 0 Å². The molecule has 3 N–H and O–H groups in total. The molecule has 1 saturated heterocycles. The average molecular weight is 389 g/mol. The van der Waals surface area contributed by atoms with Crippen molar-refractivity contribution in [1.82, 2.24) is 15.2 Å². The van der Waals surface area contributed by atoms with E-state index in [1.165, 1.54) is 32.1 Å². The van der Waals surface area contributed by atoms with Crippen LogP contribution in [0.3, 0.4) is 0 Å². The van der Waals surface area contributed by atoms with Crippen LogP contribution in [0.4, 0.5) is 5.82 Å². The number of nitrogens with zero attached hydrogens (tertiary/aromatic N) is 4. The molecule has 0 aliphatic carbocycles. The van der Waals surface area contributed by atoms with Gasteiger partial charge in [-0.25, -0.2) is 4.98 Å². The first-order chi connectivity index (χ1) is 13.7. The van der Waals surface area contributed by atoms with Crippen LogP contribution in [0.1, 0.15) is 51.9 Å². The summed E-state index contributed by atoms with van der Waals surface area (Å²) in [5.41, 5.74) is 5.88. The molecule has 28 heavy (non-hydrogen) atoms. The van der Waals surface area contributed by atoms with Crippen molar-refractivity contribution < 1.29 is 4.79 Å². The van der Waals surface area contributed by atoms with Crippen molar-refractivity contribution >= 4 is 17.7 Å². The molecule has 0 unspecified atom stereocenters. The first-order valence-electron chi connectivity index (χ1n) is 10.7. The summed E-state index contributed by atoms with van der Waals surface area (Å²) in [6, 6.07) is 5.91. The molecule has 1 aromatic rings. The largest absolute Gasteiger partial charge is 0.370 e. The molecular weight excluding hydrogens is 352 g/mol. The van der Waals surface area contributed by atoms with Crippen LogP contribution in [0.25, 0.3) is 0 Å². The zero-order chi connectivity index (χ0) is 20.0. The van der Waals surface area contributed by atoms with E-state index in [2.05, 4.69) is 27.1 Å². The second-order valence-electron chi connectivity index (χ2n) is 7.27. The molecule has 0 saturated carbocycles. The number of guanidine groups is 1. The van der Waals surface area contributed by atoms with Crippen molar-refractivity contribution in [3.8, 4) is 0 Å². The molecule has 7 nitrogen and oxygen atoms in total. The van der Waals surface area contributed by atoms with Crippen molar-refractivity contribution in [2.24, 2.45) is 10.7 Å². The van der Waals surface area contributed by atoms with E-state index in [-0.39, 0.29) is 5.91 Å². The molecule has 0 aromatic carbocycles. The number of amides is 1. The van der Waals surface area contributed by atoms with Crippen LogP contribution in [-0.4, -0.2) is 61.0 Å². The van der Waals surface area contributed by atoms with Gasteiger partial charge in [0.15, 0.2) is 5.96 Å². The third-order valence-corrected chi connectivity index (χ3v) is 5.04. The number of unbranched alkanes of at least 4 members (excludes halogenated alkanes) is 5. The molecule has 1 amide bonds. The fraction of sp³-hybridized carbons (Fsp3) is 0.667. The molecule has 156 valence electrons. The molecule has 1 aromatic heterocycles. The van der Waals surface area contributed by atoms with Crippen LogP contribution in [0.15, 0.2) is 29.4 Å². The van der Waals surface area contributed by atoms with Crippen molar-refractivity contribution in [2.45, 2.75) is 51.9 Å². The lowest BCUT2D eigenvalue weighted by Crippen LogP contribution is -2.49. The van der Waals surface area contributed by atoms with Crippen LogP contribution >= 0.6 is 0 Å². The predicted molar refractivity (Wildman–Crippen MR) is 116 cm³/mol. The molecule has 0 atom stereocenters. The van der Waals surface area contributed by atoms with E-state index in [1.54, 1.807) is 6.20 Å². The van der Waals surface area contributed by atoms with Gasteiger partial charge in [-0.2, -0.15) is 0 Å². The van der Waals surface area contributed by atoms with Crippen molar-refractivity contribution in [1.29, 1.82) is 0 Å². The number of carbonyl (C=O) groups is 1. The fourth-order valence-corrected chi connectivity index (χ4v) is 3.33. The minimum Gasteiger partial charge on any atom is -0.370 e. The number of nitrogens with one attached hydrogen (secondary N) is 1. The fourth-order valence-electron chi connectivity index (χ4n) is 3.33. The third-order valence-electron chi connectivity index (χ3n) is 5.04. The maximum atomic E-state index is 12.4. The van der Waals surface area contributed by atoms with Crippen molar-refractivity contribution in [2.75, 3.05) is 44.2 Å². The minimum atomic E-state index is 0.164. The van der Waals surface area contributed by atoms with Gasteiger partial charge in [0.05, 0.1) is 0 Å². The van der Waals surface area contributed by atoms with Gasteiger partial charge in [0.1, 0.15) is 5.82 Å². The van der Waals surface area contributed by atoms with Gasteiger partial charge in [0.25, 0.3) is 0 Å². The van der Waals surface area contributed by atoms with Gasteiger partial charge in [-0.1, -0.05) is 45.1 Å². The Hall–Kier alpha value is -2.31. The molecule has 0 spiro atoms. The first kappa shape index (κ1) is 22.0. The maximum Gasteiger partial charge on any atom is 0.224 e. The minimum absolute atomic E-state index is 0.164. The Bertz CT molecular complexity index is 584. The normalized spacial score (nSPS) is 15.0. The van der Waals surface area contributed by atoms with Gasteiger partial charge in [0, 0.05) is 51.9 Å². The Labute approximate surface area is 169 Å². The summed E-state index contributed by atoms with van der Waals surface area (Å²) in [5, 5.41) is 3.06. The molecule has 1 fully saturated rings. The number of nitrogens with two attached hydrogens (primary N) is 1. The number of anilines is 1. The van der Waals surface area contributed by atoms with E-state index in [0.29, 0.717) is 18.9 Å². The summed E-state index contributed by atoms with van der Waals surface area (Å²) in [4.78, 5) is 25.2. The van der Waals surface area contributed by atoms with Crippen LogP contribution in [0, 0.1) is 0 Å². The zero-order valence-electron chi connectivity index (χ0n) is 17.3. The molecule has 1 aliphatic heterocycles. The lowest BCUT2D eigenvalue weighted by molar-refractivity contribution is -0.131. The monoisotopic (exact) mass is 388 g/mol. The summed E-state index contributed by atoms with van der Waals surface area (Å²) in [6.45, 7) is 6.62. The van der Waals surface area contributed by atoms with E-state index < -0.39 is 0 Å². The number of aromatic nitrogens is 1. The maximum absolute atomic E-state index is 12.4. The lowest BCUT2D eigenvalue weighted by atomic mass is 10.1. The lowest BCUT2D eigenvalue weighted by Gasteiger charge is -2.35. The smallest absolute Gasteiger partial charge is 0.224 e. The highest BCUT2D eigenvalue weighted by atomic mass is 16.2. The first-order valence-corrected chi connectivity index (χ1v) is 10.7. The quantitative estimate of drug-likeness (QED) is 0.345. The average Bonchev–Trinajstić information content (AvgIpc) is 2.74. The number of aliphatic imine (C=N–C) groups is 1. The van der Waals surface area contributed by atoms with Gasteiger partial charge >= 0.3 is 0 Å². The van der Waals surface area contributed by atoms with E-state index >= 15 is 0 Å². The topological polar surface area (TPSA) is 86.8 Å². The summed E-state index contributed by atoms with van der Waals surface area (Å²) in [7, 11) is 0. The van der Waals surface area contributed by atoms with Gasteiger partial charge in [0.2, 0.25) is 5.91 Å². The standard InChI is InChI=1S/C21H36N6O/c1-2-3-4-5-6-8-13-24-21(22)25-14-11-20(28)27-17-15-26(16-18-27)19-10-7-9-12-23-19/h7,9-10,12H,2-6,8,11,13-18H2,1H3,(H3,22,24,25). The number of hydrogen-bond acceptors (Lipinski definition) is 4. The highest BCUT2D eigenvalue weighted by molar-refractivity contribution is 5.80. The van der Waals surface area contributed by atoms with E-state index in [1.807, 2.05) is 23.1 Å². The second-order valence-corrected chi connectivity index (χ2v) is 7.27. The SMILES string of the molecule is CCCCCCCCN=C(N)NCCC(=O)N1CCN(c2ccccn2)CC1. The molecule has 1 aliphatic rings. The Morgan fingerprint density at radius 3 is 2.61 bits per heavy atom. The van der Waals surface area contributed by atoms with Gasteiger partial charge in [-0.05, 0) is 18.6 Å². The van der Waals surface area contributed by atoms with Gasteiger partial charge < -0.3 is 20.9 Å². The molecule has 2 heterocycles. The molecule has 2 rings (SSSR count). The number of hydrogen-bond donors (Lipinski definition) is 2. The molecular formula is C21H36N6O. The van der Waals surface area contributed by atoms with Crippen LogP contribution in [0.5, 0.6) is 0 Å². The Morgan fingerprint density at radius 1 is 1.14 bits per heavy atom. The Kier molecular flexibility index (Phi) is 10.2. The van der Waals surface area contributed by atoms with Crippen molar-refractivity contribution in [3.63, 3.8) is 0 Å². The van der Waals surface area contributed by atoms with Crippen LogP contribution < -0.4 is 16.0 Å². The Balaban J connectivity index is 1.55. The molecule has 0 bridgehead atoms. The van der Waals surface area contributed by atoms with Crippen molar-refractivity contribution in [3.05, 3.63) is 24.4 Å². The molecule has 0 radical (unpaired) electrons. The molecule has 7 heteroatoms. The highest BCUT2D eigenvalue weighted by Gasteiger charge is 2.21. The summed E-state index contributed by atoms with van der Waals surface area (Å²) in [5.74, 6) is 1.59. The number of pyridine rings is 1. The third kappa shape index (κ3) is 8.15. The van der Waals surface area contributed by atoms with Crippen LogP contribution in [0.2, 0.25) is 0 Å². The summed E-state index contributed by atoms with van der Waals surface area (Å²) < 4.78 is 0. The number of piperazine rings is 1. The van der Waals surface area contributed by atoms with E-state index in [4.69, 9.17) is 5.73 Å². The van der Waals surface area contributed by atoms with Gasteiger partial charge in [-0.3, -0.25) is 9.79 Å². The summed E-state index contributed by atoms with van der Waals surface area (Å²) in [6.07, 6.45) is 9.71. The zero-order valence-corrected chi connectivity index (χ0v) is 17.3. The van der Waals surface area contributed by atoms with E-state index in [0.717, 1.165) is 45.0 Å². The highest BCUT2D eigenvalue weighted by Crippen LogP contribution is 2.12. The number of carbonyl (C=O) groups excluding carboxylic acids is 1. The Morgan fingerprint density at radius 2 is 1.89 bits per heavy atom.